The average Bonchev–Trinajstić information content (AvgIpc) is 2.96. The molecule has 0 saturated heterocycles. The maximum atomic E-state index is 6.04. The van der Waals surface area contributed by atoms with Gasteiger partial charge < -0.3 is 9.46 Å². The van der Waals surface area contributed by atoms with Gasteiger partial charge in [0.25, 0.3) is 0 Å². The van der Waals surface area contributed by atoms with Gasteiger partial charge in [-0.3, -0.25) is 0 Å². The smallest absolute Gasteiger partial charge is 0.195 e. The maximum absolute atomic E-state index is 6.04. The molecule has 116 valence electrons. The minimum absolute atomic E-state index is 0.597. The number of thiol groups is 1. The number of ether oxygens (including phenoxy) is 1. The molecule has 23 heavy (non-hydrogen) atoms. The first kappa shape index (κ1) is 14.6. The summed E-state index contributed by atoms with van der Waals surface area (Å²) >= 11 is 5.86. The summed E-state index contributed by atoms with van der Waals surface area (Å²) in [4.78, 5) is 4.87. The molecule has 0 amide bonds. The van der Waals surface area contributed by atoms with Gasteiger partial charge in [0, 0.05) is 38.3 Å². The molecule has 1 aromatic heterocycles. The van der Waals surface area contributed by atoms with Crippen molar-refractivity contribution in [2.75, 3.05) is 4.72 Å². The van der Waals surface area contributed by atoms with E-state index in [9.17, 15) is 0 Å². The summed E-state index contributed by atoms with van der Waals surface area (Å²) in [7, 11) is 0. The second-order valence-electron chi connectivity index (χ2n) is 5.98. The molecule has 3 nitrogen and oxygen atoms in total. The molecule has 5 heteroatoms. The van der Waals surface area contributed by atoms with Crippen molar-refractivity contribution < 1.29 is 4.74 Å². The Bertz CT molecular complexity index is 928. The van der Waals surface area contributed by atoms with Gasteiger partial charge in [0.2, 0.25) is 0 Å². The highest BCUT2D eigenvalue weighted by atomic mass is 32.1. The summed E-state index contributed by atoms with van der Waals surface area (Å²) in [5.41, 5.74) is 3.47. The molecule has 0 saturated carbocycles. The van der Waals surface area contributed by atoms with Crippen molar-refractivity contribution in [2.24, 2.45) is 4.99 Å². The largest absolute Gasteiger partial charge is 0.466 e. The van der Waals surface area contributed by atoms with E-state index in [4.69, 9.17) is 9.73 Å². The predicted octanol–water partition coefficient (Wildman–Crippen LogP) is 5.12. The average molecular weight is 340 g/mol. The van der Waals surface area contributed by atoms with Gasteiger partial charge in [0.1, 0.15) is 5.75 Å². The highest BCUT2D eigenvalue weighted by Gasteiger charge is 2.29. The van der Waals surface area contributed by atoms with Crippen LogP contribution in [0.1, 0.15) is 25.0 Å². The van der Waals surface area contributed by atoms with Crippen molar-refractivity contribution in [1.82, 2.24) is 0 Å². The summed E-state index contributed by atoms with van der Waals surface area (Å²) in [6.45, 7) is 3.95. The van der Waals surface area contributed by atoms with Crippen LogP contribution in [-0.2, 0) is 0 Å². The third-order valence-corrected chi connectivity index (χ3v) is 5.06. The molecule has 0 fully saturated rings. The minimum atomic E-state index is -0.597. The van der Waals surface area contributed by atoms with Crippen molar-refractivity contribution in [3.63, 3.8) is 0 Å². The van der Waals surface area contributed by atoms with Gasteiger partial charge >= 0.3 is 0 Å². The number of anilines is 1. The van der Waals surface area contributed by atoms with E-state index in [1.54, 1.807) is 11.3 Å². The van der Waals surface area contributed by atoms with Crippen LogP contribution in [0.2, 0.25) is 0 Å². The number of nitrogens with zero attached hydrogens (tertiary/aromatic N) is 1. The lowest BCUT2D eigenvalue weighted by atomic mass is 9.98. The lowest BCUT2D eigenvalue weighted by Gasteiger charge is -2.30. The lowest BCUT2D eigenvalue weighted by Crippen LogP contribution is -2.32. The lowest BCUT2D eigenvalue weighted by molar-refractivity contribution is 0.115. The fourth-order valence-electron chi connectivity index (χ4n) is 2.86. The summed E-state index contributed by atoms with van der Waals surface area (Å²) in [6, 6.07) is 14.4. The number of benzene rings is 2. The Morgan fingerprint density at radius 1 is 1.13 bits per heavy atom. The normalized spacial score (nSPS) is 15.7. The first-order valence-corrected chi connectivity index (χ1v) is 8.70. The first-order chi connectivity index (χ1) is 11.1. The molecule has 4 rings (SSSR count). The highest BCUT2D eigenvalue weighted by Crippen LogP contribution is 2.37. The minimum Gasteiger partial charge on any atom is -0.466 e. The van der Waals surface area contributed by atoms with Gasteiger partial charge in [0.15, 0.2) is 5.72 Å². The van der Waals surface area contributed by atoms with E-state index in [0.717, 1.165) is 28.3 Å². The number of hydrogen-bond donors (Lipinski definition) is 2. The third-order valence-electron chi connectivity index (χ3n) is 3.84. The van der Waals surface area contributed by atoms with Gasteiger partial charge in [-0.15, -0.1) is 11.3 Å². The molecule has 0 bridgehead atoms. The topological polar surface area (TPSA) is 33.6 Å². The van der Waals surface area contributed by atoms with E-state index in [0.29, 0.717) is 0 Å². The quantitative estimate of drug-likeness (QED) is 0.635. The Kier molecular flexibility index (Phi) is 3.36. The van der Waals surface area contributed by atoms with Crippen molar-refractivity contribution in [2.45, 2.75) is 19.6 Å². The molecule has 1 aliphatic rings. The second kappa shape index (κ2) is 5.28. The highest BCUT2D eigenvalue weighted by molar-refractivity contribution is 7.81. The van der Waals surface area contributed by atoms with E-state index >= 15 is 0 Å². The van der Waals surface area contributed by atoms with E-state index in [1.165, 1.54) is 10.1 Å². The fraction of sp³-hybridized carbons (Fsp3) is 0.167. The molecule has 0 atom stereocenters. The van der Waals surface area contributed by atoms with Crippen LogP contribution >= 0.6 is 24.2 Å². The molecular weight excluding hydrogens is 324 g/mol. The van der Waals surface area contributed by atoms with Gasteiger partial charge in [0.05, 0.1) is 5.71 Å². The molecule has 2 heterocycles. The molecule has 1 aliphatic heterocycles. The summed E-state index contributed by atoms with van der Waals surface area (Å²) in [6.07, 6.45) is 0. The molecular formula is C18H16N2OS2. The number of rotatable bonds is 2. The van der Waals surface area contributed by atoms with Crippen molar-refractivity contribution >= 4 is 45.6 Å². The predicted molar refractivity (Wildman–Crippen MR) is 101 cm³/mol. The molecule has 2 aromatic carbocycles. The van der Waals surface area contributed by atoms with Crippen molar-refractivity contribution in [1.29, 1.82) is 0 Å². The Morgan fingerprint density at radius 2 is 1.96 bits per heavy atom. The number of aliphatic imine (C=N–C) groups is 1. The number of fused-ring (bicyclic) bond motifs is 2. The van der Waals surface area contributed by atoms with E-state index in [2.05, 4.69) is 47.2 Å². The Balaban J connectivity index is 1.95. The van der Waals surface area contributed by atoms with Crippen LogP contribution in [-0.4, -0.2) is 11.4 Å². The Hall–Kier alpha value is -1.98. The zero-order chi connectivity index (χ0) is 16.0. The van der Waals surface area contributed by atoms with Gasteiger partial charge in [-0.2, -0.15) is 0 Å². The second-order valence-corrected chi connectivity index (χ2v) is 7.11. The first-order valence-electron chi connectivity index (χ1n) is 7.37. The number of hydrogen-bond acceptors (Lipinski definition) is 5. The number of thiophene rings is 1. The standard InChI is InChI=1S/C18H16N2OS2/c1-18(2)19-17(13-8-7-11(20-22)9-15(13)21-18)14-10-23-16-6-4-3-5-12(14)16/h3-10,20,22H,1-2H3. The molecule has 3 aromatic rings. The SMILES string of the molecule is CC1(C)N=C(c2csc3ccccc23)c2ccc(NS)cc2O1. The molecule has 0 radical (unpaired) electrons. The van der Waals surface area contributed by atoms with Crippen LogP contribution < -0.4 is 9.46 Å². The molecule has 0 spiro atoms. The monoisotopic (exact) mass is 340 g/mol. The zero-order valence-electron chi connectivity index (χ0n) is 12.8. The maximum Gasteiger partial charge on any atom is 0.195 e. The summed E-state index contributed by atoms with van der Waals surface area (Å²) in [5.74, 6) is 0.828. The third kappa shape index (κ3) is 2.50. The van der Waals surface area contributed by atoms with Crippen LogP contribution in [0.5, 0.6) is 5.75 Å². The van der Waals surface area contributed by atoms with Crippen molar-refractivity contribution in [3.8, 4) is 5.75 Å². The Labute approximate surface area is 144 Å². The van der Waals surface area contributed by atoms with Crippen LogP contribution in [0, 0.1) is 0 Å². The van der Waals surface area contributed by atoms with Crippen molar-refractivity contribution in [3.05, 3.63) is 59.0 Å². The summed E-state index contributed by atoms with van der Waals surface area (Å²) in [5, 5.41) is 3.41. The number of nitrogens with one attached hydrogen (secondary N) is 1. The van der Waals surface area contributed by atoms with Crippen LogP contribution in [0.3, 0.4) is 0 Å². The molecule has 1 N–H and O–H groups in total. The van der Waals surface area contributed by atoms with Crippen LogP contribution in [0.15, 0.2) is 52.8 Å². The molecule has 0 unspecified atom stereocenters. The van der Waals surface area contributed by atoms with E-state index in [-0.39, 0.29) is 0 Å². The van der Waals surface area contributed by atoms with E-state index < -0.39 is 5.72 Å². The molecule has 0 aliphatic carbocycles. The van der Waals surface area contributed by atoms with Gasteiger partial charge in [-0.05, 0) is 32.0 Å². The Morgan fingerprint density at radius 3 is 2.78 bits per heavy atom. The van der Waals surface area contributed by atoms with Crippen LogP contribution in [0.4, 0.5) is 5.69 Å². The summed E-state index contributed by atoms with van der Waals surface area (Å²) < 4.78 is 10.2. The fourth-order valence-corrected chi connectivity index (χ4v) is 3.94. The zero-order valence-corrected chi connectivity index (χ0v) is 14.5. The van der Waals surface area contributed by atoms with Crippen LogP contribution in [0.25, 0.3) is 10.1 Å². The van der Waals surface area contributed by atoms with Gasteiger partial charge in [-0.25, -0.2) is 4.99 Å². The van der Waals surface area contributed by atoms with E-state index in [1.807, 2.05) is 32.0 Å². The van der Waals surface area contributed by atoms with Gasteiger partial charge in [-0.1, -0.05) is 31.0 Å².